The van der Waals surface area contributed by atoms with Gasteiger partial charge in [-0.25, -0.2) is 19.3 Å². The number of aliphatic imine (C=N–C) groups is 1. The second-order valence-electron chi connectivity index (χ2n) is 11.6. The molecule has 9 nitrogen and oxygen atoms in total. The standard InChI is InChI=1S/C34H30FN7O2/c1-2-19-14-31(43)25(35)15-22(19)20-4-6-26-23(12-20)24-13-21(5-7-27(24)38-26)33-39-28-8-11-42(18-30(28)40-33)34(44)29-16-37-32(17-36-29)41-9-3-10-41/h4-6,12-17,43H,2-3,7-11,18H2,1H3,(H,39,40). The Morgan fingerprint density at radius 2 is 1.98 bits per heavy atom. The monoisotopic (exact) mass is 587 g/mol. The molecule has 0 unspecified atom stereocenters. The van der Waals surface area contributed by atoms with Gasteiger partial charge in [0.25, 0.3) is 5.91 Å². The molecule has 3 aliphatic heterocycles. The molecule has 0 radical (unpaired) electrons. The fourth-order valence-corrected chi connectivity index (χ4v) is 6.35. The summed E-state index contributed by atoms with van der Waals surface area (Å²) < 4.78 is 14.3. The van der Waals surface area contributed by atoms with E-state index in [2.05, 4.69) is 38.1 Å². The molecule has 2 aromatic heterocycles. The topological polar surface area (TPSA) is 111 Å². The van der Waals surface area contributed by atoms with Crippen LogP contribution < -0.4 is 4.90 Å². The van der Waals surface area contributed by atoms with Crippen molar-refractivity contribution in [3.63, 3.8) is 0 Å². The lowest BCUT2D eigenvalue weighted by atomic mass is 9.90. The molecule has 0 bridgehead atoms. The van der Waals surface area contributed by atoms with Crippen molar-refractivity contribution in [2.45, 2.75) is 39.2 Å². The maximum atomic E-state index is 14.3. The number of carbonyl (C=O) groups excluding carboxylic acids is 1. The number of hydrogen-bond donors (Lipinski definition) is 2. The zero-order valence-electron chi connectivity index (χ0n) is 24.3. The van der Waals surface area contributed by atoms with Gasteiger partial charge in [0.1, 0.15) is 17.3 Å². The molecule has 0 spiro atoms. The van der Waals surface area contributed by atoms with Crippen molar-refractivity contribution in [2.24, 2.45) is 4.99 Å². The van der Waals surface area contributed by atoms with Crippen molar-refractivity contribution in [2.75, 3.05) is 24.5 Å². The highest BCUT2D eigenvalue weighted by molar-refractivity contribution is 6.32. The zero-order chi connectivity index (χ0) is 29.9. The van der Waals surface area contributed by atoms with Crippen LogP contribution in [0.15, 0.2) is 59.9 Å². The second-order valence-corrected chi connectivity index (χ2v) is 11.6. The summed E-state index contributed by atoms with van der Waals surface area (Å²) in [6.45, 7) is 4.95. The largest absolute Gasteiger partial charge is 0.505 e. The predicted molar refractivity (Wildman–Crippen MR) is 166 cm³/mol. The van der Waals surface area contributed by atoms with Gasteiger partial charge < -0.3 is 19.9 Å². The molecule has 8 rings (SSSR count). The number of anilines is 1. The minimum Gasteiger partial charge on any atom is -0.505 e. The van der Waals surface area contributed by atoms with Gasteiger partial charge in [-0.1, -0.05) is 19.1 Å². The minimum absolute atomic E-state index is 0.132. The third-order valence-corrected chi connectivity index (χ3v) is 8.96. The molecule has 1 saturated heterocycles. The molecule has 4 aromatic rings. The van der Waals surface area contributed by atoms with E-state index in [0.29, 0.717) is 38.0 Å². The summed E-state index contributed by atoms with van der Waals surface area (Å²) in [7, 11) is 0. The Labute approximate surface area is 253 Å². The third kappa shape index (κ3) is 4.40. The summed E-state index contributed by atoms with van der Waals surface area (Å²) in [6.07, 6.45) is 10.7. The molecule has 1 fully saturated rings. The maximum Gasteiger partial charge on any atom is 0.274 e. The minimum atomic E-state index is -0.633. The highest BCUT2D eigenvalue weighted by atomic mass is 19.1. The van der Waals surface area contributed by atoms with E-state index < -0.39 is 5.82 Å². The van der Waals surface area contributed by atoms with Gasteiger partial charge in [0, 0.05) is 49.2 Å². The third-order valence-electron chi connectivity index (χ3n) is 8.96. The first-order valence-electron chi connectivity index (χ1n) is 15.1. The predicted octanol–water partition coefficient (Wildman–Crippen LogP) is 5.64. The number of phenols is 1. The van der Waals surface area contributed by atoms with Gasteiger partial charge in [-0.05, 0) is 59.9 Å². The Kier molecular flexibility index (Phi) is 6.18. The van der Waals surface area contributed by atoms with Crippen LogP contribution in [0.1, 0.15) is 58.6 Å². The van der Waals surface area contributed by atoms with Gasteiger partial charge in [0.15, 0.2) is 11.6 Å². The number of halogens is 1. The summed E-state index contributed by atoms with van der Waals surface area (Å²) in [5.74, 6) is 0.490. The number of hydrogen-bond acceptors (Lipinski definition) is 7. The normalized spacial score (nSPS) is 16.8. The van der Waals surface area contributed by atoms with Crippen molar-refractivity contribution in [1.29, 1.82) is 0 Å². The number of nitrogens with one attached hydrogen (secondary N) is 1. The van der Waals surface area contributed by atoms with Gasteiger partial charge in [-0.15, -0.1) is 0 Å². The molecule has 2 N–H and O–H groups in total. The average Bonchev–Trinajstić information content (AvgIpc) is 3.61. The number of rotatable bonds is 5. The van der Waals surface area contributed by atoms with E-state index in [1.165, 1.54) is 12.1 Å². The van der Waals surface area contributed by atoms with E-state index in [4.69, 9.17) is 9.98 Å². The molecule has 10 heteroatoms. The Hall–Kier alpha value is -5.12. The van der Waals surface area contributed by atoms with Crippen LogP contribution >= 0.6 is 0 Å². The summed E-state index contributed by atoms with van der Waals surface area (Å²) in [5, 5.41) is 9.90. The summed E-state index contributed by atoms with van der Waals surface area (Å²) >= 11 is 0. The number of aromatic amines is 1. The molecule has 4 aliphatic rings. The zero-order valence-corrected chi connectivity index (χ0v) is 24.3. The van der Waals surface area contributed by atoms with Crippen LogP contribution in [-0.2, 0) is 19.4 Å². The molecule has 2 aromatic carbocycles. The number of imidazole rings is 1. The van der Waals surface area contributed by atoms with Crippen molar-refractivity contribution >= 4 is 34.3 Å². The smallest absolute Gasteiger partial charge is 0.274 e. The highest BCUT2D eigenvalue weighted by Crippen LogP contribution is 2.43. The van der Waals surface area contributed by atoms with Crippen LogP contribution in [0.4, 0.5) is 15.9 Å². The number of aryl methyl sites for hydroxylation is 1. The van der Waals surface area contributed by atoms with Gasteiger partial charge in [-0.3, -0.25) is 9.79 Å². The maximum absolute atomic E-state index is 14.3. The van der Waals surface area contributed by atoms with E-state index in [1.54, 1.807) is 17.3 Å². The van der Waals surface area contributed by atoms with Crippen molar-refractivity contribution in [3.05, 3.63) is 94.7 Å². The number of aromatic hydroxyl groups is 1. The molecule has 44 heavy (non-hydrogen) atoms. The van der Waals surface area contributed by atoms with Crippen LogP contribution in [0.2, 0.25) is 0 Å². The Bertz CT molecular complexity index is 1940. The van der Waals surface area contributed by atoms with Crippen molar-refractivity contribution in [3.8, 4) is 16.9 Å². The number of benzene rings is 2. The Balaban J connectivity index is 1.04. The molecule has 0 saturated carbocycles. The number of phenolic OH excluding ortho intramolecular Hbond substituents is 1. The number of allylic oxidation sites excluding steroid dienone is 4. The van der Waals surface area contributed by atoms with E-state index in [-0.39, 0.29) is 11.7 Å². The van der Waals surface area contributed by atoms with Gasteiger partial charge in [-0.2, -0.15) is 0 Å². The second kappa shape index (κ2) is 10.3. The van der Waals surface area contributed by atoms with Crippen LogP contribution in [0.25, 0.3) is 22.3 Å². The van der Waals surface area contributed by atoms with Crippen LogP contribution in [-0.4, -0.2) is 61.2 Å². The lowest BCUT2D eigenvalue weighted by Gasteiger charge is -2.31. The number of amides is 1. The lowest BCUT2D eigenvalue weighted by molar-refractivity contribution is 0.0725. The van der Waals surface area contributed by atoms with Crippen LogP contribution in [0, 0.1) is 5.82 Å². The number of carbonyl (C=O) groups is 1. The first kappa shape index (κ1) is 26.5. The number of nitrogens with zero attached hydrogens (tertiary/aromatic N) is 6. The van der Waals surface area contributed by atoms with Gasteiger partial charge in [0.2, 0.25) is 0 Å². The average molecular weight is 588 g/mol. The highest BCUT2D eigenvalue weighted by Gasteiger charge is 2.29. The number of H-pyrrole nitrogens is 1. The molecule has 1 amide bonds. The summed E-state index contributed by atoms with van der Waals surface area (Å²) in [5.41, 5.74) is 9.65. The Morgan fingerprint density at radius 3 is 2.75 bits per heavy atom. The van der Waals surface area contributed by atoms with Crippen LogP contribution in [0.5, 0.6) is 5.75 Å². The van der Waals surface area contributed by atoms with Crippen molar-refractivity contribution in [1.82, 2.24) is 24.8 Å². The van der Waals surface area contributed by atoms with Crippen LogP contribution in [0.3, 0.4) is 0 Å². The van der Waals surface area contributed by atoms with E-state index in [9.17, 15) is 14.3 Å². The SMILES string of the molecule is CCc1cc(O)c(F)cc1-c1ccc2c(c1)C1=CC(c3nc4c([nH]3)CN(C(=O)c3cnc(N5CCC5)cn3)CC4)=CCC1=N2. The summed E-state index contributed by atoms with van der Waals surface area (Å²) in [4.78, 5) is 39.3. The quantitative estimate of drug-likeness (QED) is 0.313. The first-order chi connectivity index (χ1) is 21.4. The molecule has 5 heterocycles. The van der Waals surface area contributed by atoms with Gasteiger partial charge in [0.05, 0.1) is 41.7 Å². The number of fused-ring (bicyclic) bond motifs is 4. The molecule has 0 atom stereocenters. The molecule has 1 aliphatic carbocycles. The van der Waals surface area contributed by atoms with E-state index in [1.807, 2.05) is 19.1 Å². The summed E-state index contributed by atoms with van der Waals surface area (Å²) in [6, 6.07) is 8.90. The molecular weight excluding hydrogens is 557 g/mol. The fourth-order valence-electron chi connectivity index (χ4n) is 6.35. The number of aromatic nitrogens is 4. The molecule has 220 valence electrons. The lowest BCUT2D eigenvalue weighted by Crippen LogP contribution is -2.38. The van der Waals surface area contributed by atoms with E-state index in [0.717, 1.165) is 87.3 Å². The molecular formula is C34H30FN7O2. The fraction of sp³-hybridized carbons (Fsp3) is 0.265. The van der Waals surface area contributed by atoms with Gasteiger partial charge >= 0.3 is 0 Å². The van der Waals surface area contributed by atoms with Crippen molar-refractivity contribution < 1.29 is 14.3 Å². The Morgan fingerprint density at radius 1 is 1.09 bits per heavy atom. The van der Waals surface area contributed by atoms with E-state index >= 15 is 0 Å². The first-order valence-corrected chi connectivity index (χ1v) is 15.1.